The number of benzene rings is 2. The number of quaternary nitrogens is 1. The fourth-order valence-corrected chi connectivity index (χ4v) is 2.96. The van der Waals surface area contributed by atoms with Gasteiger partial charge in [0.15, 0.2) is 13.1 Å². The van der Waals surface area contributed by atoms with Crippen LogP contribution in [0.15, 0.2) is 36.4 Å². The number of hydrogen-bond donors (Lipinski definition) is 2. The zero-order valence-electron chi connectivity index (χ0n) is 16.8. The van der Waals surface area contributed by atoms with E-state index in [9.17, 15) is 9.59 Å². The molecule has 0 fully saturated rings. The number of ether oxygens (including phenoxy) is 1. The van der Waals surface area contributed by atoms with Crippen molar-refractivity contribution in [1.29, 1.82) is 0 Å². The van der Waals surface area contributed by atoms with Crippen molar-refractivity contribution in [3.8, 4) is 5.75 Å². The number of fused-ring (bicyclic) bond motifs is 1. The monoisotopic (exact) mass is 372 g/mol. The van der Waals surface area contributed by atoms with Gasteiger partial charge in [-0.05, 0) is 48.4 Å². The zero-order chi connectivity index (χ0) is 20.0. The van der Waals surface area contributed by atoms with Crippen LogP contribution < -0.4 is 15.0 Å². The summed E-state index contributed by atoms with van der Waals surface area (Å²) >= 11 is 0. The Labute approximate surface area is 161 Å². The molecule has 2 aromatic carbocycles. The fourth-order valence-electron chi connectivity index (χ4n) is 2.96. The third-order valence-electron chi connectivity index (χ3n) is 4.32. The van der Waals surface area contributed by atoms with Gasteiger partial charge in [0.25, 0.3) is 11.8 Å². The summed E-state index contributed by atoms with van der Waals surface area (Å²) in [6.45, 7) is 4.95. The number of nitrogens with zero attached hydrogens (tertiary/aromatic N) is 1. The largest absolute Gasteiger partial charge is 0.497 e. The number of hydrogen-bond acceptors (Lipinski definition) is 3. The predicted molar refractivity (Wildman–Crippen MR) is 107 cm³/mol. The summed E-state index contributed by atoms with van der Waals surface area (Å²) in [5.41, 5.74) is 1.07. The lowest BCUT2D eigenvalue weighted by Crippen LogP contribution is -3.11. The van der Waals surface area contributed by atoms with Crippen molar-refractivity contribution in [2.75, 3.05) is 34.3 Å². The van der Waals surface area contributed by atoms with E-state index in [-0.39, 0.29) is 30.9 Å². The lowest BCUT2D eigenvalue weighted by molar-refractivity contribution is -0.863. The number of amides is 2. The number of methoxy groups -OCH3 is 1. The van der Waals surface area contributed by atoms with E-state index in [1.807, 2.05) is 51.2 Å². The Balaban J connectivity index is 1.93. The van der Waals surface area contributed by atoms with Gasteiger partial charge in [0.1, 0.15) is 5.75 Å². The Hall–Kier alpha value is -2.60. The van der Waals surface area contributed by atoms with E-state index >= 15 is 0 Å². The molecule has 2 N–H and O–H groups in total. The maximum atomic E-state index is 12.5. The molecule has 0 radical (unpaired) electrons. The summed E-state index contributed by atoms with van der Waals surface area (Å²) < 4.78 is 5.25. The number of carbonyl (C=O) groups excluding carboxylic acids is 2. The Morgan fingerprint density at radius 3 is 2.44 bits per heavy atom. The van der Waals surface area contributed by atoms with E-state index in [1.54, 1.807) is 19.1 Å². The summed E-state index contributed by atoms with van der Waals surface area (Å²) in [5.74, 6) is 0.803. The van der Waals surface area contributed by atoms with E-state index in [1.165, 1.54) is 0 Å². The highest BCUT2D eigenvalue weighted by atomic mass is 16.5. The maximum absolute atomic E-state index is 12.5. The lowest BCUT2D eigenvalue weighted by Gasteiger charge is -2.20. The van der Waals surface area contributed by atoms with E-state index < -0.39 is 0 Å². The van der Waals surface area contributed by atoms with E-state index in [2.05, 4.69) is 11.4 Å². The van der Waals surface area contributed by atoms with Gasteiger partial charge in [-0.3, -0.25) is 9.59 Å². The van der Waals surface area contributed by atoms with Crippen LogP contribution in [0.4, 0.5) is 0 Å². The van der Waals surface area contributed by atoms with Crippen molar-refractivity contribution in [2.24, 2.45) is 0 Å². The molecule has 2 rings (SSSR count). The van der Waals surface area contributed by atoms with E-state index in [4.69, 9.17) is 4.74 Å². The molecule has 6 heteroatoms. The smallest absolute Gasteiger partial charge is 0.277 e. The molecular weight excluding hydrogens is 342 g/mol. The maximum Gasteiger partial charge on any atom is 0.277 e. The molecule has 6 nitrogen and oxygen atoms in total. The minimum atomic E-state index is -0.0390. The van der Waals surface area contributed by atoms with E-state index in [0.717, 1.165) is 27.0 Å². The highest BCUT2D eigenvalue weighted by Gasteiger charge is 2.18. The van der Waals surface area contributed by atoms with Gasteiger partial charge in [0, 0.05) is 19.6 Å². The molecule has 0 bridgehead atoms. The van der Waals surface area contributed by atoms with Gasteiger partial charge in [-0.1, -0.05) is 18.2 Å². The second kappa shape index (κ2) is 9.37. The standard InChI is InChI=1S/C21H29N3O3/c1-15(2)22-20(25)13-23(3)14-21(26)24(4)12-16-6-7-18-11-19(27-5)9-8-17(18)10-16/h6-11,15H,12-14H2,1-5H3,(H,22,25)/p+1. The molecule has 0 saturated carbocycles. The average Bonchev–Trinajstić information content (AvgIpc) is 2.60. The molecule has 0 saturated heterocycles. The number of nitrogens with one attached hydrogen (secondary N) is 2. The Kier molecular flexibility index (Phi) is 7.19. The molecule has 0 heterocycles. The summed E-state index contributed by atoms with van der Waals surface area (Å²) in [4.78, 5) is 26.8. The minimum Gasteiger partial charge on any atom is -0.497 e. The quantitative estimate of drug-likeness (QED) is 0.722. The van der Waals surface area contributed by atoms with Crippen molar-refractivity contribution in [1.82, 2.24) is 10.2 Å². The van der Waals surface area contributed by atoms with Gasteiger partial charge >= 0.3 is 0 Å². The summed E-state index contributed by atoms with van der Waals surface area (Å²) in [5, 5.41) is 5.06. The molecule has 2 amide bonds. The summed E-state index contributed by atoms with van der Waals surface area (Å²) in [6.07, 6.45) is 0. The normalized spacial score (nSPS) is 12.1. The van der Waals surface area contributed by atoms with Crippen molar-refractivity contribution < 1.29 is 19.2 Å². The van der Waals surface area contributed by atoms with Crippen LogP contribution in [0, 0.1) is 0 Å². The Morgan fingerprint density at radius 2 is 1.78 bits per heavy atom. The molecule has 1 atom stereocenters. The van der Waals surface area contributed by atoms with Crippen LogP contribution in [0.3, 0.4) is 0 Å². The first-order valence-corrected chi connectivity index (χ1v) is 9.19. The van der Waals surface area contributed by atoms with Gasteiger partial charge in [-0.15, -0.1) is 0 Å². The van der Waals surface area contributed by atoms with Crippen molar-refractivity contribution in [2.45, 2.75) is 26.4 Å². The van der Waals surface area contributed by atoms with Crippen molar-refractivity contribution in [3.05, 3.63) is 42.0 Å². The Morgan fingerprint density at radius 1 is 1.11 bits per heavy atom. The van der Waals surface area contributed by atoms with Crippen LogP contribution in [-0.4, -0.2) is 57.1 Å². The SMILES string of the molecule is COc1ccc2cc(CN(C)C(=O)C[NH+](C)CC(=O)NC(C)C)ccc2c1. The van der Waals surface area contributed by atoms with Gasteiger partial charge in [-0.25, -0.2) is 0 Å². The predicted octanol–water partition coefficient (Wildman–Crippen LogP) is 0.846. The molecule has 27 heavy (non-hydrogen) atoms. The van der Waals surface area contributed by atoms with Crippen LogP contribution >= 0.6 is 0 Å². The molecular formula is C21H30N3O3+. The van der Waals surface area contributed by atoms with Gasteiger partial charge in [0.2, 0.25) is 0 Å². The van der Waals surface area contributed by atoms with Crippen molar-refractivity contribution in [3.63, 3.8) is 0 Å². The molecule has 0 spiro atoms. The third kappa shape index (κ3) is 6.25. The lowest BCUT2D eigenvalue weighted by atomic mass is 10.1. The van der Waals surface area contributed by atoms with E-state index in [0.29, 0.717) is 6.54 Å². The minimum absolute atomic E-state index is 0.0136. The first-order valence-electron chi connectivity index (χ1n) is 9.19. The van der Waals surface area contributed by atoms with Crippen LogP contribution in [0.25, 0.3) is 10.8 Å². The van der Waals surface area contributed by atoms with Gasteiger partial charge < -0.3 is 19.9 Å². The van der Waals surface area contributed by atoms with Crippen LogP contribution in [-0.2, 0) is 16.1 Å². The molecule has 0 aliphatic carbocycles. The molecule has 146 valence electrons. The number of rotatable bonds is 8. The van der Waals surface area contributed by atoms with Crippen LogP contribution in [0.5, 0.6) is 5.75 Å². The van der Waals surface area contributed by atoms with Crippen LogP contribution in [0.2, 0.25) is 0 Å². The van der Waals surface area contributed by atoms with Gasteiger partial charge in [-0.2, -0.15) is 0 Å². The third-order valence-corrected chi connectivity index (χ3v) is 4.32. The second-order valence-electron chi connectivity index (χ2n) is 7.33. The summed E-state index contributed by atoms with van der Waals surface area (Å²) in [7, 11) is 5.30. The fraction of sp³-hybridized carbons (Fsp3) is 0.429. The average molecular weight is 372 g/mol. The number of carbonyl (C=O) groups is 2. The first kappa shape index (κ1) is 20.7. The van der Waals surface area contributed by atoms with Gasteiger partial charge in [0.05, 0.1) is 14.2 Å². The molecule has 0 aliphatic rings. The zero-order valence-corrected chi connectivity index (χ0v) is 16.8. The number of likely N-dealkylation sites (N-methyl/N-ethyl adjacent to an activating group) is 2. The topological polar surface area (TPSA) is 63.1 Å². The highest BCUT2D eigenvalue weighted by Crippen LogP contribution is 2.22. The highest BCUT2D eigenvalue weighted by molar-refractivity contribution is 5.84. The second-order valence-corrected chi connectivity index (χ2v) is 7.33. The first-order chi connectivity index (χ1) is 12.8. The summed E-state index contributed by atoms with van der Waals surface area (Å²) in [6, 6.07) is 12.2. The Bertz CT molecular complexity index is 804. The molecule has 0 aliphatic heterocycles. The molecule has 2 aromatic rings. The molecule has 0 aromatic heterocycles. The van der Waals surface area contributed by atoms with Crippen LogP contribution in [0.1, 0.15) is 19.4 Å². The van der Waals surface area contributed by atoms with Crippen molar-refractivity contribution >= 4 is 22.6 Å². The molecule has 1 unspecified atom stereocenters.